The highest BCUT2D eigenvalue weighted by atomic mass is 16.5. The lowest BCUT2D eigenvalue weighted by atomic mass is 9.96. The second-order valence-electron chi connectivity index (χ2n) is 5.92. The zero-order chi connectivity index (χ0) is 17.1. The average Bonchev–Trinajstić information content (AvgIpc) is 2.76. The van der Waals surface area contributed by atoms with Crippen LogP contribution < -0.4 is 9.64 Å². The number of para-hydroxylation sites is 1. The third-order valence-corrected chi connectivity index (χ3v) is 3.97. The molecule has 0 aromatic heterocycles. The summed E-state index contributed by atoms with van der Waals surface area (Å²) >= 11 is 0. The molecule has 0 aliphatic carbocycles. The summed E-state index contributed by atoms with van der Waals surface area (Å²) in [6.45, 7) is 2.50. The second kappa shape index (κ2) is 6.83. The van der Waals surface area contributed by atoms with Gasteiger partial charge in [-0.25, -0.2) is 0 Å². The first-order valence-corrected chi connectivity index (χ1v) is 7.55. The largest absolute Gasteiger partial charge is 0.503 e. The van der Waals surface area contributed by atoms with Gasteiger partial charge in [0.2, 0.25) is 0 Å². The number of amides is 1. The zero-order valence-electron chi connectivity index (χ0n) is 13.9. The van der Waals surface area contributed by atoms with E-state index in [-0.39, 0.29) is 11.4 Å². The van der Waals surface area contributed by atoms with E-state index in [0.29, 0.717) is 24.4 Å². The fraction of sp³-hybridized carbons (Fsp3) is 0.412. The van der Waals surface area contributed by atoms with Crippen molar-refractivity contribution in [1.82, 2.24) is 4.90 Å². The number of rotatable bonds is 6. The number of nitrogens with one attached hydrogen (secondary N) is 1. The number of aliphatic hydroxyl groups is 1. The van der Waals surface area contributed by atoms with Crippen molar-refractivity contribution < 1.29 is 24.3 Å². The number of methoxy groups -OCH3 is 1. The van der Waals surface area contributed by atoms with Gasteiger partial charge in [-0.05, 0) is 13.0 Å². The van der Waals surface area contributed by atoms with Crippen LogP contribution in [0.25, 0.3) is 0 Å². The van der Waals surface area contributed by atoms with E-state index < -0.39 is 17.7 Å². The summed E-state index contributed by atoms with van der Waals surface area (Å²) in [5.41, 5.74) is 0.833. The van der Waals surface area contributed by atoms with E-state index in [1.807, 2.05) is 32.3 Å². The number of hydrogen-bond acceptors (Lipinski definition) is 4. The number of ketones is 1. The Morgan fingerprint density at radius 3 is 2.57 bits per heavy atom. The van der Waals surface area contributed by atoms with E-state index >= 15 is 0 Å². The summed E-state index contributed by atoms with van der Waals surface area (Å²) in [6, 6.07) is 6.63. The molecule has 6 heteroatoms. The normalized spacial score (nSPS) is 18.0. The molecule has 1 aromatic carbocycles. The maximum Gasteiger partial charge on any atom is 0.290 e. The van der Waals surface area contributed by atoms with Crippen molar-refractivity contribution in [2.45, 2.75) is 13.0 Å². The van der Waals surface area contributed by atoms with Gasteiger partial charge in [0.1, 0.15) is 5.75 Å². The molecule has 1 amide bonds. The van der Waals surface area contributed by atoms with Crippen LogP contribution in [0, 0.1) is 0 Å². The molecule has 2 rings (SSSR count). The van der Waals surface area contributed by atoms with Crippen molar-refractivity contribution in [2.75, 3.05) is 34.3 Å². The van der Waals surface area contributed by atoms with Gasteiger partial charge in [0.25, 0.3) is 5.91 Å². The Hall–Kier alpha value is -2.34. The molecule has 124 valence electrons. The predicted molar refractivity (Wildman–Crippen MR) is 85.5 cm³/mol. The highest BCUT2D eigenvalue weighted by Crippen LogP contribution is 2.40. The van der Waals surface area contributed by atoms with Crippen LogP contribution in [0.1, 0.15) is 18.5 Å². The van der Waals surface area contributed by atoms with Crippen LogP contribution in [0.2, 0.25) is 0 Å². The van der Waals surface area contributed by atoms with Crippen molar-refractivity contribution in [1.29, 1.82) is 0 Å². The summed E-state index contributed by atoms with van der Waals surface area (Å²) in [6.07, 6.45) is 0. The minimum atomic E-state index is -0.615. The monoisotopic (exact) mass is 319 g/mol. The Morgan fingerprint density at radius 2 is 2.00 bits per heavy atom. The molecule has 1 heterocycles. The van der Waals surface area contributed by atoms with Crippen LogP contribution in [0.3, 0.4) is 0 Å². The van der Waals surface area contributed by atoms with Gasteiger partial charge >= 0.3 is 0 Å². The molecule has 1 atom stereocenters. The Morgan fingerprint density at radius 1 is 1.35 bits per heavy atom. The van der Waals surface area contributed by atoms with Gasteiger partial charge in [-0.15, -0.1) is 0 Å². The van der Waals surface area contributed by atoms with Crippen LogP contribution in [-0.4, -0.2) is 56.0 Å². The number of Topliss-reactive ketones (excluding diaryl/α,β-unsaturated/α-hetero) is 1. The molecule has 0 fully saturated rings. The molecule has 1 aliphatic rings. The number of carbonyl (C=O) groups excluding carboxylic acids is 2. The maximum atomic E-state index is 12.4. The molecule has 0 radical (unpaired) electrons. The third kappa shape index (κ3) is 3.22. The minimum absolute atomic E-state index is 0.133. The topological polar surface area (TPSA) is 71.3 Å². The van der Waals surface area contributed by atoms with E-state index in [4.69, 9.17) is 4.74 Å². The molecule has 23 heavy (non-hydrogen) atoms. The molecule has 0 saturated carbocycles. The van der Waals surface area contributed by atoms with Gasteiger partial charge in [0.05, 0.1) is 45.9 Å². The van der Waals surface area contributed by atoms with Crippen molar-refractivity contribution in [3.05, 3.63) is 41.2 Å². The fourth-order valence-electron chi connectivity index (χ4n) is 2.80. The van der Waals surface area contributed by atoms with Gasteiger partial charge in [0, 0.05) is 5.56 Å². The van der Waals surface area contributed by atoms with Gasteiger partial charge in [-0.2, -0.15) is 0 Å². The Kier molecular flexibility index (Phi) is 5.05. The number of hydrogen-bond donors (Lipinski definition) is 2. The number of quaternary nitrogens is 1. The van der Waals surface area contributed by atoms with E-state index in [0.717, 1.165) is 0 Å². The van der Waals surface area contributed by atoms with E-state index in [9.17, 15) is 14.7 Å². The lowest BCUT2D eigenvalue weighted by molar-refractivity contribution is -0.857. The first-order valence-electron chi connectivity index (χ1n) is 7.55. The van der Waals surface area contributed by atoms with Crippen molar-refractivity contribution in [2.24, 2.45) is 0 Å². The number of ether oxygens (including phenoxy) is 1. The Bertz CT molecular complexity index is 652. The molecule has 1 aliphatic heterocycles. The molecule has 0 saturated heterocycles. The average molecular weight is 319 g/mol. The molecule has 0 bridgehead atoms. The zero-order valence-corrected chi connectivity index (χ0v) is 13.9. The number of benzene rings is 1. The van der Waals surface area contributed by atoms with E-state index in [1.54, 1.807) is 13.2 Å². The lowest BCUT2D eigenvalue weighted by Gasteiger charge is -2.27. The van der Waals surface area contributed by atoms with Crippen LogP contribution in [0.5, 0.6) is 5.75 Å². The number of aliphatic hydroxyl groups excluding tert-OH is 1. The fourth-order valence-corrected chi connectivity index (χ4v) is 2.80. The molecular formula is C17H23N2O4+. The minimum Gasteiger partial charge on any atom is -0.503 e. The predicted octanol–water partition coefficient (Wildman–Crippen LogP) is 0.124. The van der Waals surface area contributed by atoms with Crippen LogP contribution in [0.15, 0.2) is 35.6 Å². The summed E-state index contributed by atoms with van der Waals surface area (Å²) in [4.78, 5) is 27.2. The third-order valence-electron chi connectivity index (χ3n) is 3.97. The first-order chi connectivity index (χ1) is 10.9. The Balaban J connectivity index is 2.51. The van der Waals surface area contributed by atoms with Crippen LogP contribution in [-0.2, 0) is 9.59 Å². The van der Waals surface area contributed by atoms with Crippen molar-refractivity contribution in [3.8, 4) is 5.75 Å². The number of likely N-dealkylation sites (N-methyl/N-ethyl adjacent to an activating group) is 1. The molecule has 6 nitrogen and oxygen atoms in total. The van der Waals surface area contributed by atoms with Crippen LogP contribution >= 0.6 is 0 Å². The van der Waals surface area contributed by atoms with Gasteiger partial charge < -0.3 is 19.6 Å². The standard InChI is InChI=1S/C17H22N2O4/c1-11(20)14-15(12-7-5-6-8-13(12)23-4)19(10-9-18(2)3)17(22)16(14)21/h5-8,15,21H,9-10H2,1-4H3/p+1/t15-/m1/s1. The van der Waals surface area contributed by atoms with Crippen molar-refractivity contribution in [3.63, 3.8) is 0 Å². The second-order valence-corrected chi connectivity index (χ2v) is 5.92. The first kappa shape index (κ1) is 17.0. The molecule has 0 spiro atoms. The highest BCUT2D eigenvalue weighted by Gasteiger charge is 2.43. The van der Waals surface area contributed by atoms with Gasteiger partial charge in [-0.1, -0.05) is 18.2 Å². The highest BCUT2D eigenvalue weighted by molar-refractivity contribution is 6.08. The smallest absolute Gasteiger partial charge is 0.290 e. The summed E-state index contributed by atoms with van der Waals surface area (Å²) < 4.78 is 5.37. The van der Waals surface area contributed by atoms with Gasteiger partial charge in [-0.3, -0.25) is 9.59 Å². The number of nitrogens with zero attached hydrogens (tertiary/aromatic N) is 1. The van der Waals surface area contributed by atoms with Crippen LogP contribution in [0.4, 0.5) is 0 Å². The summed E-state index contributed by atoms with van der Waals surface area (Å²) in [5.74, 6) is -0.693. The van der Waals surface area contributed by atoms with E-state index in [2.05, 4.69) is 0 Å². The molecular weight excluding hydrogens is 296 g/mol. The van der Waals surface area contributed by atoms with E-state index in [1.165, 1.54) is 16.7 Å². The maximum absolute atomic E-state index is 12.4. The van der Waals surface area contributed by atoms with Crippen molar-refractivity contribution >= 4 is 11.7 Å². The Labute approximate surface area is 136 Å². The molecule has 0 unspecified atom stereocenters. The molecule has 2 N–H and O–H groups in total. The summed E-state index contributed by atoms with van der Waals surface area (Å²) in [7, 11) is 5.51. The van der Waals surface area contributed by atoms with Gasteiger partial charge in [0.15, 0.2) is 11.5 Å². The summed E-state index contributed by atoms with van der Waals surface area (Å²) in [5, 5.41) is 10.2. The lowest BCUT2D eigenvalue weighted by Crippen LogP contribution is -3.06. The molecule has 1 aromatic rings. The SMILES string of the molecule is COc1ccccc1[C@@H]1C(C(C)=O)=C(O)C(=O)N1CC[NH+](C)C. The number of carbonyl (C=O) groups is 2. The quantitative estimate of drug-likeness (QED) is 0.781.